The largest absolute Gasteiger partial charge is 0.508 e. The molecule has 3 N–H and O–H groups in total. The fourth-order valence-corrected chi connectivity index (χ4v) is 9.35. The second-order valence-corrected chi connectivity index (χ2v) is 14.5. The summed E-state index contributed by atoms with van der Waals surface area (Å²) in [6, 6.07) is 15.9. The average Bonchev–Trinajstić information content (AvgIpc) is 3.46. The van der Waals surface area contributed by atoms with Crippen molar-refractivity contribution in [1.29, 1.82) is 0 Å². The third kappa shape index (κ3) is 5.53. The van der Waals surface area contributed by atoms with Crippen molar-refractivity contribution in [2.75, 3.05) is 19.1 Å². The molecule has 0 aromatic heterocycles. The number of hydrogen-bond acceptors (Lipinski definition) is 8. The molecule has 0 radical (unpaired) electrons. The number of fused-ring (bicyclic) bond motifs is 4. The van der Waals surface area contributed by atoms with Gasteiger partial charge in [0.2, 0.25) is 11.8 Å². The van der Waals surface area contributed by atoms with Crippen LogP contribution in [0.25, 0.3) is 0 Å². The van der Waals surface area contributed by atoms with Crippen molar-refractivity contribution < 1.29 is 38.9 Å². The minimum absolute atomic E-state index is 0.0393. The zero-order valence-electron chi connectivity index (χ0n) is 27.1. The van der Waals surface area contributed by atoms with Crippen LogP contribution < -0.4 is 10.2 Å². The number of hydrazine groups is 1. The number of phenols is 1. The predicted octanol–water partition coefficient (Wildman–Crippen LogP) is 6.21. The number of ether oxygens (including phenoxy) is 1. The van der Waals surface area contributed by atoms with Crippen molar-refractivity contribution in [2.45, 2.75) is 37.0 Å². The van der Waals surface area contributed by atoms with E-state index in [1.807, 2.05) is 6.08 Å². The Morgan fingerprint density at radius 1 is 0.941 bits per heavy atom. The molecule has 3 fully saturated rings. The third-order valence-electron chi connectivity index (χ3n) is 10.7. The van der Waals surface area contributed by atoms with Gasteiger partial charge in [0.1, 0.15) is 11.5 Å². The van der Waals surface area contributed by atoms with E-state index >= 15 is 4.79 Å². The Morgan fingerprint density at radius 3 is 2.35 bits per heavy atom. The van der Waals surface area contributed by atoms with E-state index in [-0.39, 0.29) is 59.6 Å². The van der Waals surface area contributed by atoms with Crippen LogP contribution in [-0.2, 0) is 29.4 Å². The summed E-state index contributed by atoms with van der Waals surface area (Å²) in [7, 11) is 1.51. The summed E-state index contributed by atoms with van der Waals surface area (Å²) >= 11 is 19.5. The van der Waals surface area contributed by atoms with Gasteiger partial charge in [0.25, 0.3) is 11.8 Å². The molecule has 3 aromatic rings. The molecule has 0 unspecified atom stereocenters. The highest BCUT2D eigenvalue weighted by Gasteiger charge is 2.70. The molecular formula is C37H32Cl3N3O8. The summed E-state index contributed by atoms with van der Waals surface area (Å²) in [5.74, 6) is -6.77. The number of carboxylic acid groups (broad SMARTS) is 1. The first-order chi connectivity index (χ1) is 24.4. The van der Waals surface area contributed by atoms with Gasteiger partial charge in [0.05, 0.1) is 41.0 Å². The molecule has 11 nitrogen and oxygen atoms in total. The number of hydrogen-bond donors (Lipinski definition) is 3. The number of aliphatic carboxylic acids is 1. The van der Waals surface area contributed by atoms with E-state index in [9.17, 15) is 24.3 Å². The number of nitrogens with one attached hydrogen (secondary N) is 1. The van der Waals surface area contributed by atoms with Crippen LogP contribution >= 0.6 is 34.8 Å². The van der Waals surface area contributed by atoms with E-state index in [0.29, 0.717) is 27.5 Å². The Hall–Kier alpha value is -4.58. The Labute approximate surface area is 307 Å². The van der Waals surface area contributed by atoms with Crippen LogP contribution in [0.4, 0.5) is 5.69 Å². The number of methoxy groups -OCH3 is 1. The summed E-state index contributed by atoms with van der Waals surface area (Å²) in [5.41, 5.74) is 3.21. The molecule has 2 heterocycles. The van der Waals surface area contributed by atoms with Gasteiger partial charge in [-0.25, -0.2) is 0 Å². The summed E-state index contributed by atoms with van der Waals surface area (Å²) in [6.07, 6.45) is 2.02. The number of carbonyl (C=O) groups excluding carboxylic acids is 4. The van der Waals surface area contributed by atoms with E-state index < -0.39 is 58.7 Å². The van der Waals surface area contributed by atoms with Gasteiger partial charge in [-0.1, -0.05) is 64.7 Å². The number of halogens is 3. The number of imide groups is 2. The maximum atomic E-state index is 15.3. The van der Waals surface area contributed by atoms with Crippen LogP contribution in [0.15, 0.2) is 72.3 Å². The predicted molar refractivity (Wildman–Crippen MR) is 187 cm³/mol. The number of aromatic hydroxyl groups is 1. The molecule has 2 aliphatic heterocycles. The topological polar surface area (TPSA) is 154 Å². The van der Waals surface area contributed by atoms with E-state index in [2.05, 4.69) is 5.43 Å². The van der Waals surface area contributed by atoms with E-state index in [1.54, 1.807) is 42.5 Å². The van der Waals surface area contributed by atoms with Crippen molar-refractivity contribution in [1.82, 2.24) is 9.91 Å². The smallest absolute Gasteiger partial charge is 0.303 e. The second-order valence-electron chi connectivity index (χ2n) is 13.2. The highest BCUT2D eigenvalue weighted by Crippen LogP contribution is 2.65. The molecule has 2 saturated heterocycles. The Morgan fingerprint density at radius 2 is 1.69 bits per heavy atom. The summed E-state index contributed by atoms with van der Waals surface area (Å²) in [4.78, 5) is 70.1. The molecule has 0 bridgehead atoms. The van der Waals surface area contributed by atoms with Crippen molar-refractivity contribution in [2.24, 2.45) is 23.7 Å². The Kier molecular flexibility index (Phi) is 9.02. The van der Waals surface area contributed by atoms with Gasteiger partial charge in [-0.05, 0) is 78.8 Å². The van der Waals surface area contributed by atoms with Crippen LogP contribution in [0.1, 0.15) is 42.7 Å². The zero-order valence-corrected chi connectivity index (χ0v) is 29.4. The molecule has 14 heteroatoms. The molecule has 1 saturated carbocycles. The van der Waals surface area contributed by atoms with Crippen LogP contribution in [0, 0.1) is 23.7 Å². The van der Waals surface area contributed by atoms with Crippen molar-refractivity contribution >= 4 is 70.1 Å². The van der Waals surface area contributed by atoms with Crippen molar-refractivity contribution in [3.8, 4) is 11.5 Å². The van der Waals surface area contributed by atoms with Crippen molar-refractivity contribution in [3.05, 3.63) is 98.5 Å². The zero-order chi connectivity index (χ0) is 36.4. The van der Waals surface area contributed by atoms with Gasteiger partial charge in [-0.3, -0.25) is 34.3 Å². The van der Waals surface area contributed by atoms with Crippen LogP contribution in [0.3, 0.4) is 0 Å². The summed E-state index contributed by atoms with van der Waals surface area (Å²) in [5, 5.41) is 21.2. The highest BCUT2D eigenvalue weighted by atomic mass is 35.5. The highest BCUT2D eigenvalue weighted by molar-refractivity contribution is 6.36. The lowest BCUT2D eigenvalue weighted by molar-refractivity contribution is -0.142. The van der Waals surface area contributed by atoms with Gasteiger partial charge >= 0.3 is 5.97 Å². The fourth-order valence-electron chi connectivity index (χ4n) is 8.61. The lowest BCUT2D eigenvalue weighted by Crippen LogP contribution is -2.53. The lowest BCUT2D eigenvalue weighted by Gasteiger charge is -2.50. The average molecular weight is 753 g/mol. The van der Waals surface area contributed by atoms with E-state index in [1.165, 1.54) is 25.3 Å². The second kappa shape index (κ2) is 13.2. The Bertz CT molecular complexity index is 2020. The first-order valence-electron chi connectivity index (χ1n) is 16.4. The standard InChI is InChI=1S/C37H32Cl3N3O8/c1-51-21-8-4-18(5-9-21)37-26(34(48)43(36(37)50)41-29-13-6-19(38)15-28(29)40)17-25-22(32(37)23-10-7-20(44)16-27(23)39)11-12-24-31(25)35(49)42(33(24)47)14-2-3-30(45)46/h4-11,13,15-16,24-26,31-32,41,44H,2-3,12,14,17H2,1H3,(H,45,46)/t24-,25+,26-,31-,32+,37+/m0/s1. The molecule has 0 spiro atoms. The summed E-state index contributed by atoms with van der Waals surface area (Å²) in [6.45, 7) is -0.0393. The van der Waals surface area contributed by atoms with Gasteiger partial charge in [0, 0.05) is 28.9 Å². The molecular weight excluding hydrogens is 721 g/mol. The molecule has 7 rings (SSSR count). The van der Waals surface area contributed by atoms with Crippen molar-refractivity contribution in [3.63, 3.8) is 0 Å². The number of nitrogens with zero attached hydrogens (tertiary/aromatic N) is 2. The number of carbonyl (C=O) groups is 5. The Balaban J connectivity index is 1.42. The molecule has 4 aliphatic rings. The quantitative estimate of drug-likeness (QED) is 0.171. The first-order valence-corrected chi connectivity index (χ1v) is 17.5. The van der Waals surface area contributed by atoms with Crippen LogP contribution in [-0.4, -0.2) is 63.4 Å². The number of likely N-dealkylation sites (tertiary alicyclic amines) is 1. The van der Waals surface area contributed by atoms with Crippen LogP contribution in [0.5, 0.6) is 11.5 Å². The number of anilines is 1. The van der Waals surface area contributed by atoms with Gasteiger partial charge < -0.3 is 14.9 Å². The molecule has 51 heavy (non-hydrogen) atoms. The van der Waals surface area contributed by atoms with Crippen LogP contribution in [0.2, 0.25) is 15.1 Å². The summed E-state index contributed by atoms with van der Waals surface area (Å²) < 4.78 is 5.42. The fraction of sp³-hybridized carbons (Fsp3) is 0.324. The van der Waals surface area contributed by atoms with Gasteiger partial charge in [0.15, 0.2) is 0 Å². The van der Waals surface area contributed by atoms with Gasteiger partial charge in [-0.15, -0.1) is 0 Å². The number of benzene rings is 3. The lowest BCUT2D eigenvalue weighted by atomic mass is 9.49. The monoisotopic (exact) mass is 751 g/mol. The normalized spacial score (nSPS) is 26.8. The molecule has 3 aromatic carbocycles. The molecule has 264 valence electrons. The maximum absolute atomic E-state index is 15.3. The number of amides is 4. The number of allylic oxidation sites excluding steroid dienone is 2. The first kappa shape index (κ1) is 34.9. The number of phenolic OH excluding ortho intramolecular Hbond substituents is 1. The maximum Gasteiger partial charge on any atom is 0.303 e. The third-order valence-corrected chi connectivity index (χ3v) is 11.6. The minimum atomic E-state index is -1.61. The number of carboxylic acids is 1. The molecule has 4 amide bonds. The minimum Gasteiger partial charge on any atom is -0.508 e. The SMILES string of the molecule is COc1ccc([C@@]23C(=O)N(Nc4ccc(Cl)cc4Cl)C(=O)[C@@H]2C[C@@H]2C(=CC[C@@H]4C(=O)N(CCCC(=O)O)C(=O)[C@@H]42)[C@@H]3c2ccc(O)cc2Cl)cc1. The van der Waals surface area contributed by atoms with Gasteiger partial charge in [-0.2, -0.15) is 5.01 Å². The number of rotatable bonds is 9. The molecule has 2 aliphatic carbocycles. The van der Waals surface area contributed by atoms with E-state index in [0.717, 1.165) is 9.91 Å². The van der Waals surface area contributed by atoms with E-state index in [4.69, 9.17) is 44.6 Å². The molecule has 6 atom stereocenters.